The van der Waals surface area contributed by atoms with Crippen molar-refractivity contribution in [1.82, 2.24) is 5.32 Å². The van der Waals surface area contributed by atoms with Crippen LogP contribution in [0.15, 0.2) is 24.3 Å². The highest BCUT2D eigenvalue weighted by atomic mass is 32.3. The first kappa shape index (κ1) is 55.6. The van der Waals surface area contributed by atoms with Crippen LogP contribution in [0.25, 0.3) is 0 Å². The van der Waals surface area contributed by atoms with E-state index in [1.165, 1.54) is 141 Å². The molecule has 0 aromatic rings. The van der Waals surface area contributed by atoms with Crippen LogP contribution < -0.4 is 5.32 Å². The highest BCUT2D eigenvalue weighted by molar-refractivity contribution is 7.80. The smallest absolute Gasteiger partial charge is 0.394 e. The van der Waals surface area contributed by atoms with Crippen LogP contribution >= 0.6 is 0 Å². The maximum atomic E-state index is 12.9. The van der Waals surface area contributed by atoms with E-state index in [-0.39, 0.29) is 6.42 Å². The van der Waals surface area contributed by atoms with Crippen molar-refractivity contribution >= 4 is 16.3 Å². The van der Waals surface area contributed by atoms with E-state index in [1.807, 2.05) is 6.92 Å². The third-order valence-corrected chi connectivity index (χ3v) is 11.5. The molecule has 14 heteroatoms. The fourth-order valence-corrected chi connectivity index (χ4v) is 7.85. The second-order valence-electron chi connectivity index (χ2n) is 16.5. The average molecular weight is 864 g/mol. The summed E-state index contributed by atoms with van der Waals surface area (Å²) in [5, 5.41) is 54.4. The van der Waals surface area contributed by atoms with E-state index >= 15 is 0 Å². The van der Waals surface area contributed by atoms with Gasteiger partial charge >= 0.3 is 10.4 Å². The van der Waals surface area contributed by atoms with Gasteiger partial charge in [-0.2, -0.15) is 8.42 Å². The van der Waals surface area contributed by atoms with Gasteiger partial charge in [0, 0.05) is 0 Å². The Morgan fingerprint density at radius 1 is 0.678 bits per heavy atom. The molecule has 1 fully saturated rings. The summed E-state index contributed by atoms with van der Waals surface area (Å²) in [7, 11) is -5.10. The van der Waals surface area contributed by atoms with Crippen molar-refractivity contribution < 1.29 is 57.0 Å². The summed E-state index contributed by atoms with van der Waals surface area (Å²) in [5.41, 5.74) is 0. The van der Waals surface area contributed by atoms with Gasteiger partial charge in [0.05, 0.1) is 25.4 Å². The van der Waals surface area contributed by atoms with Crippen molar-refractivity contribution in [2.24, 2.45) is 0 Å². The van der Waals surface area contributed by atoms with Crippen molar-refractivity contribution in [3.05, 3.63) is 24.3 Å². The number of unbranched alkanes of at least 4 members (excludes halogenated alkanes) is 24. The van der Waals surface area contributed by atoms with Crippen LogP contribution in [0.1, 0.15) is 194 Å². The largest absolute Gasteiger partial charge is 0.397 e. The Morgan fingerprint density at radius 2 is 1.15 bits per heavy atom. The van der Waals surface area contributed by atoms with Crippen LogP contribution in [-0.4, -0.2) is 107 Å². The molecule has 59 heavy (non-hydrogen) atoms. The lowest BCUT2D eigenvalue weighted by Crippen LogP contribution is -2.61. The van der Waals surface area contributed by atoms with Gasteiger partial charge in [-0.05, 0) is 38.5 Å². The van der Waals surface area contributed by atoms with Gasteiger partial charge in [0.1, 0.15) is 30.5 Å². The molecule has 0 aromatic heterocycles. The van der Waals surface area contributed by atoms with Crippen molar-refractivity contribution in [3.63, 3.8) is 0 Å². The lowest BCUT2D eigenvalue weighted by molar-refractivity contribution is -0.298. The summed E-state index contributed by atoms with van der Waals surface area (Å²) < 4.78 is 47.0. The monoisotopic (exact) mass is 864 g/mol. The molecule has 1 heterocycles. The molecule has 0 aromatic carbocycles. The standard InChI is InChI=1S/C45H85NO12S/c1-3-5-7-8-9-10-11-12-13-14-15-16-17-18-19-20-21-22-23-24-25-26-27-28-29-30-32-34-39(49)44(52)46-37(38(48)33-31-6-4-2)36-56-45-42(51)43(58-59(53,54)55)41(50)40(35-47)57-45/h18-19,31,33,37-43,45,47-51H,3-17,20-30,32,34-36H2,1-2H3,(H,46,52)(H,53,54,55)/b19-18-,33-31+. The van der Waals surface area contributed by atoms with Crippen molar-refractivity contribution in [2.75, 3.05) is 13.2 Å². The number of carbonyl (C=O) groups excluding carboxylic acids is 1. The summed E-state index contributed by atoms with van der Waals surface area (Å²) in [6, 6.07) is -1.11. The minimum atomic E-state index is -5.10. The topological polar surface area (TPSA) is 212 Å². The molecule has 1 rings (SSSR count). The molecule has 13 nitrogen and oxygen atoms in total. The number of nitrogens with one attached hydrogen (secondary N) is 1. The number of aliphatic hydroxyl groups is 5. The van der Waals surface area contributed by atoms with E-state index in [4.69, 9.17) is 14.0 Å². The lowest BCUT2D eigenvalue weighted by atomic mass is 9.99. The maximum Gasteiger partial charge on any atom is 0.397 e. The number of aliphatic hydroxyl groups excluding tert-OH is 5. The normalized spacial score (nSPS) is 21.7. The summed E-state index contributed by atoms with van der Waals surface area (Å²) in [4.78, 5) is 12.9. The molecule has 7 N–H and O–H groups in total. The maximum absolute atomic E-state index is 12.9. The molecule has 1 aliphatic rings. The van der Waals surface area contributed by atoms with Crippen LogP contribution in [0.4, 0.5) is 0 Å². The fourth-order valence-electron chi connectivity index (χ4n) is 7.35. The first-order chi connectivity index (χ1) is 28.4. The molecule has 0 radical (unpaired) electrons. The van der Waals surface area contributed by atoms with E-state index < -0.39 is 78.5 Å². The van der Waals surface area contributed by atoms with Gasteiger partial charge in [-0.15, -0.1) is 0 Å². The van der Waals surface area contributed by atoms with Crippen molar-refractivity contribution in [3.8, 4) is 0 Å². The van der Waals surface area contributed by atoms with Gasteiger partial charge in [-0.1, -0.05) is 179 Å². The quantitative estimate of drug-likeness (QED) is 0.0179. The summed E-state index contributed by atoms with van der Waals surface area (Å²) in [6.45, 7) is 2.96. The molecule has 0 spiro atoms. The Bertz CT molecular complexity index is 1170. The Balaban J connectivity index is 2.20. The molecule has 8 atom stereocenters. The Kier molecular flexibility index (Phi) is 34.0. The van der Waals surface area contributed by atoms with Gasteiger partial charge in [-0.25, -0.2) is 4.18 Å². The van der Waals surface area contributed by atoms with Crippen LogP contribution in [0.5, 0.6) is 0 Å². The zero-order valence-corrected chi connectivity index (χ0v) is 37.5. The second kappa shape index (κ2) is 36.1. The molecule has 8 unspecified atom stereocenters. The second-order valence-corrected chi connectivity index (χ2v) is 17.5. The number of hydrogen-bond donors (Lipinski definition) is 7. The third-order valence-electron chi connectivity index (χ3n) is 11.1. The minimum Gasteiger partial charge on any atom is -0.394 e. The Hall–Kier alpha value is -1.46. The van der Waals surface area contributed by atoms with Crippen LogP contribution in [0, 0.1) is 0 Å². The molecule has 0 aliphatic carbocycles. The van der Waals surface area contributed by atoms with Crippen LogP contribution in [0.3, 0.4) is 0 Å². The Morgan fingerprint density at radius 3 is 1.61 bits per heavy atom. The predicted octanol–water partition coefficient (Wildman–Crippen LogP) is 7.91. The first-order valence-electron chi connectivity index (χ1n) is 23.3. The van der Waals surface area contributed by atoms with Gasteiger partial charge in [-0.3, -0.25) is 9.35 Å². The molecule has 0 bridgehead atoms. The molecule has 0 saturated carbocycles. The number of hydrogen-bond acceptors (Lipinski definition) is 11. The average Bonchev–Trinajstić information content (AvgIpc) is 3.20. The summed E-state index contributed by atoms with van der Waals surface area (Å²) >= 11 is 0. The molecule has 1 aliphatic heterocycles. The van der Waals surface area contributed by atoms with Crippen molar-refractivity contribution in [1.29, 1.82) is 0 Å². The van der Waals surface area contributed by atoms with E-state index in [0.717, 1.165) is 25.7 Å². The van der Waals surface area contributed by atoms with Crippen molar-refractivity contribution in [2.45, 2.75) is 243 Å². The SMILES string of the molecule is CCC/C=C/C(O)C(COC1OC(CO)C(O)C(OS(=O)(=O)O)C1O)NC(=O)C(O)CCCCCCCCCCCCC/C=C\CCCCCCCCCCCCCC. The number of ether oxygens (including phenoxy) is 2. The number of allylic oxidation sites excluding steroid dienone is 3. The van der Waals surface area contributed by atoms with E-state index in [9.17, 15) is 38.7 Å². The zero-order chi connectivity index (χ0) is 43.6. The number of carbonyl (C=O) groups is 1. The van der Waals surface area contributed by atoms with Gasteiger partial charge in [0.2, 0.25) is 5.91 Å². The highest BCUT2D eigenvalue weighted by Gasteiger charge is 2.48. The minimum absolute atomic E-state index is 0.241. The van der Waals surface area contributed by atoms with Crippen LogP contribution in [0.2, 0.25) is 0 Å². The van der Waals surface area contributed by atoms with Crippen LogP contribution in [-0.2, 0) is 28.9 Å². The first-order valence-corrected chi connectivity index (χ1v) is 24.7. The molecular formula is C45H85NO12S. The lowest BCUT2D eigenvalue weighted by Gasteiger charge is -2.41. The highest BCUT2D eigenvalue weighted by Crippen LogP contribution is 2.26. The number of rotatable bonds is 39. The van der Waals surface area contributed by atoms with Gasteiger partial charge < -0.3 is 40.3 Å². The molecular weight excluding hydrogens is 779 g/mol. The fraction of sp³-hybridized carbons (Fsp3) is 0.889. The Labute approximate surface area is 357 Å². The van der Waals surface area contributed by atoms with E-state index in [2.05, 4.69) is 28.6 Å². The third kappa shape index (κ3) is 28.7. The van der Waals surface area contributed by atoms with E-state index in [1.54, 1.807) is 6.08 Å². The van der Waals surface area contributed by atoms with Gasteiger partial charge in [0.25, 0.3) is 0 Å². The van der Waals surface area contributed by atoms with E-state index in [0.29, 0.717) is 12.8 Å². The summed E-state index contributed by atoms with van der Waals surface area (Å²) in [5.74, 6) is -0.714. The van der Waals surface area contributed by atoms with Gasteiger partial charge in [0.15, 0.2) is 6.29 Å². The number of amides is 1. The zero-order valence-electron chi connectivity index (χ0n) is 36.7. The predicted molar refractivity (Wildman–Crippen MR) is 233 cm³/mol. The summed E-state index contributed by atoms with van der Waals surface area (Å²) in [6.07, 6.45) is 29.9. The molecule has 348 valence electrons. The molecule has 1 saturated heterocycles. The molecule has 1 amide bonds.